The number of thiocarbonyl (C=S) groups is 1. The van der Waals surface area contributed by atoms with Crippen LogP contribution in [-0.2, 0) is 19.9 Å². The second-order valence-corrected chi connectivity index (χ2v) is 8.48. The third-order valence-electron chi connectivity index (χ3n) is 1.89. The highest BCUT2D eigenvalue weighted by Gasteiger charge is 2.13. The van der Waals surface area contributed by atoms with Gasteiger partial charge in [-0.2, -0.15) is 0 Å². The summed E-state index contributed by atoms with van der Waals surface area (Å²) in [6.45, 7) is 0.273. The van der Waals surface area contributed by atoms with E-state index >= 15 is 0 Å². The number of hydrogen-bond donors (Lipinski definition) is 2. The molecule has 9 heteroatoms. The third-order valence-corrected chi connectivity index (χ3v) is 4.69. The second kappa shape index (κ2) is 7.24. The Kier molecular flexibility index (Phi) is 7.14. The maximum Gasteiger partial charge on any atom is 0.212 e. The maximum atomic E-state index is 11.3. The van der Waals surface area contributed by atoms with Gasteiger partial charge in [0.25, 0.3) is 0 Å². The number of nitrogens with one attached hydrogen (secondary N) is 1. The van der Waals surface area contributed by atoms with E-state index in [1.54, 1.807) is 0 Å². The summed E-state index contributed by atoms with van der Waals surface area (Å²) in [6.07, 6.45) is 2.92. The molecule has 3 N–H and O–H groups in total. The fourth-order valence-corrected chi connectivity index (χ4v) is 3.82. The SMILES string of the molecule is CS(=O)(=O)CCS(=O)(=O)NCCCCC(N)=S. The van der Waals surface area contributed by atoms with Gasteiger partial charge in [-0.3, -0.25) is 0 Å². The van der Waals surface area contributed by atoms with E-state index in [4.69, 9.17) is 5.73 Å². The van der Waals surface area contributed by atoms with Gasteiger partial charge in [0.2, 0.25) is 10.0 Å². The zero-order valence-corrected chi connectivity index (χ0v) is 12.1. The van der Waals surface area contributed by atoms with Crippen molar-refractivity contribution in [1.82, 2.24) is 4.72 Å². The smallest absolute Gasteiger partial charge is 0.212 e. The first-order valence-electron chi connectivity index (χ1n) is 5.06. The van der Waals surface area contributed by atoms with Crippen molar-refractivity contribution in [2.75, 3.05) is 24.3 Å². The Labute approximate surface area is 108 Å². The van der Waals surface area contributed by atoms with Crippen LogP contribution in [0.2, 0.25) is 0 Å². The van der Waals surface area contributed by atoms with E-state index in [1.165, 1.54) is 0 Å². The van der Waals surface area contributed by atoms with Crippen LogP contribution < -0.4 is 10.5 Å². The molecule has 0 amide bonds. The van der Waals surface area contributed by atoms with Gasteiger partial charge in [0.05, 0.1) is 16.5 Å². The Balaban J connectivity index is 3.83. The average molecular weight is 302 g/mol. The fourth-order valence-electron chi connectivity index (χ4n) is 0.985. The molecule has 0 aliphatic carbocycles. The fraction of sp³-hybridized carbons (Fsp3) is 0.875. The van der Waals surface area contributed by atoms with Crippen molar-refractivity contribution < 1.29 is 16.8 Å². The van der Waals surface area contributed by atoms with Crippen molar-refractivity contribution in [2.45, 2.75) is 19.3 Å². The third kappa shape index (κ3) is 12.0. The average Bonchev–Trinajstić information content (AvgIpc) is 2.13. The molecule has 0 bridgehead atoms. The lowest BCUT2D eigenvalue weighted by molar-refractivity contribution is 0.575. The standard InChI is InChI=1S/C8H18N2O4S3/c1-16(11,12)6-7-17(13,14)10-5-3-2-4-8(9)15/h10H,2-7H2,1H3,(H2,9,15). The molecule has 0 atom stereocenters. The van der Waals surface area contributed by atoms with E-state index in [1.807, 2.05) is 0 Å². The van der Waals surface area contributed by atoms with Gasteiger partial charge >= 0.3 is 0 Å². The summed E-state index contributed by atoms with van der Waals surface area (Å²) >= 11 is 4.67. The van der Waals surface area contributed by atoms with Gasteiger partial charge in [0.15, 0.2) is 0 Å². The number of hydrogen-bond acceptors (Lipinski definition) is 5. The summed E-state index contributed by atoms with van der Waals surface area (Å²) in [5.74, 6) is -0.768. The summed E-state index contributed by atoms with van der Waals surface area (Å²) in [5.41, 5.74) is 5.28. The predicted octanol–water partition coefficient (Wildman–Crippen LogP) is -0.593. The highest BCUT2D eigenvalue weighted by Crippen LogP contribution is 1.96. The van der Waals surface area contributed by atoms with Gasteiger partial charge in [-0.1, -0.05) is 12.2 Å². The lowest BCUT2D eigenvalue weighted by atomic mass is 10.2. The zero-order valence-electron chi connectivity index (χ0n) is 9.68. The summed E-state index contributed by atoms with van der Waals surface area (Å²) in [4.78, 5) is 0.407. The van der Waals surface area contributed by atoms with Crippen LogP contribution >= 0.6 is 12.2 Å². The number of unbranched alkanes of at least 4 members (excludes halogenated alkanes) is 1. The summed E-state index contributed by atoms with van der Waals surface area (Å²) in [7, 11) is -6.77. The monoisotopic (exact) mass is 302 g/mol. The predicted molar refractivity (Wildman–Crippen MR) is 72.1 cm³/mol. The molecule has 0 saturated carbocycles. The Hall–Kier alpha value is -0.250. The quantitative estimate of drug-likeness (QED) is 0.435. The summed E-state index contributed by atoms with van der Waals surface area (Å²) in [5, 5.41) is 0. The number of rotatable bonds is 9. The molecule has 0 aliphatic heterocycles. The van der Waals surface area contributed by atoms with Crippen molar-refractivity contribution in [3.05, 3.63) is 0 Å². The number of nitrogens with two attached hydrogens (primary N) is 1. The Morgan fingerprint density at radius 2 is 1.76 bits per heavy atom. The van der Waals surface area contributed by atoms with Crippen molar-refractivity contribution in [3.63, 3.8) is 0 Å². The topological polar surface area (TPSA) is 106 Å². The van der Waals surface area contributed by atoms with Crippen molar-refractivity contribution in [3.8, 4) is 0 Å². The van der Waals surface area contributed by atoms with Gasteiger partial charge in [-0.15, -0.1) is 0 Å². The van der Waals surface area contributed by atoms with Crippen LogP contribution in [-0.4, -0.2) is 46.1 Å². The first-order valence-corrected chi connectivity index (χ1v) is 9.18. The van der Waals surface area contributed by atoms with E-state index < -0.39 is 25.6 Å². The van der Waals surface area contributed by atoms with Gasteiger partial charge in [-0.25, -0.2) is 21.6 Å². The largest absolute Gasteiger partial charge is 0.393 e. The minimum Gasteiger partial charge on any atom is -0.393 e. The van der Waals surface area contributed by atoms with Crippen LogP contribution in [0.3, 0.4) is 0 Å². The van der Waals surface area contributed by atoms with E-state index in [9.17, 15) is 16.8 Å². The Morgan fingerprint density at radius 3 is 2.24 bits per heavy atom. The van der Waals surface area contributed by atoms with E-state index in [2.05, 4.69) is 16.9 Å². The molecular weight excluding hydrogens is 284 g/mol. The molecule has 0 aromatic rings. The van der Waals surface area contributed by atoms with E-state index in [0.29, 0.717) is 24.3 Å². The molecule has 0 aromatic heterocycles. The molecule has 0 heterocycles. The Bertz CT molecular complexity index is 441. The lowest BCUT2D eigenvalue weighted by Crippen LogP contribution is -2.30. The molecule has 0 fully saturated rings. The highest BCUT2D eigenvalue weighted by atomic mass is 32.2. The second-order valence-electron chi connectivity index (χ2n) is 3.77. The molecular formula is C8H18N2O4S3. The van der Waals surface area contributed by atoms with Crippen molar-refractivity contribution >= 4 is 37.1 Å². The Morgan fingerprint density at radius 1 is 1.18 bits per heavy atom. The molecule has 0 aromatic carbocycles. The number of sulfonamides is 1. The van der Waals surface area contributed by atoms with Crippen molar-refractivity contribution in [2.24, 2.45) is 5.73 Å². The van der Waals surface area contributed by atoms with Crippen molar-refractivity contribution in [1.29, 1.82) is 0 Å². The molecule has 102 valence electrons. The molecule has 17 heavy (non-hydrogen) atoms. The minimum absolute atomic E-state index is 0.273. The lowest BCUT2D eigenvalue weighted by Gasteiger charge is -2.05. The molecule has 0 rings (SSSR count). The van der Waals surface area contributed by atoms with Gasteiger partial charge < -0.3 is 5.73 Å². The number of sulfone groups is 1. The molecule has 0 radical (unpaired) electrons. The first kappa shape index (κ1) is 16.8. The van der Waals surface area contributed by atoms with Crippen LogP contribution in [0.15, 0.2) is 0 Å². The first-order chi connectivity index (χ1) is 7.62. The van der Waals surface area contributed by atoms with Crippen LogP contribution in [0.25, 0.3) is 0 Å². The van der Waals surface area contributed by atoms with Gasteiger partial charge in [0, 0.05) is 12.8 Å². The highest BCUT2D eigenvalue weighted by molar-refractivity contribution is 7.93. The molecule has 0 spiro atoms. The molecule has 0 aliphatic rings. The van der Waals surface area contributed by atoms with Crippen LogP contribution in [0, 0.1) is 0 Å². The molecule has 0 unspecified atom stereocenters. The molecule has 6 nitrogen and oxygen atoms in total. The van der Waals surface area contributed by atoms with Crippen LogP contribution in [0.5, 0.6) is 0 Å². The minimum atomic E-state index is -3.51. The van der Waals surface area contributed by atoms with E-state index in [-0.39, 0.29) is 12.3 Å². The van der Waals surface area contributed by atoms with Crippen LogP contribution in [0.1, 0.15) is 19.3 Å². The van der Waals surface area contributed by atoms with Gasteiger partial charge in [0.1, 0.15) is 9.84 Å². The zero-order chi connectivity index (χ0) is 13.5. The molecule has 0 saturated heterocycles. The summed E-state index contributed by atoms with van der Waals surface area (Å²) in [6, 6.07) is 0. The maximum absolute atomic E-state index is 11.3. The van der Waals surface area contributed by atoms with Crippen LogP contribution in [0.4, 0.5) is 0 Å². The summed E-state index contributed by atoms with van der Waals surface area (Å²) < 4.78 is 46.6. The van der Waals surface area contributed by atoms with Gasteiger partial charge in [-0.05, 0) is 19.3 Å². The normalized spacial score (nSPS) is 12.5. The van der Waals surface area contributed by atoms with E-state index in [0.717, 1.165) is 6.26 Å².